The Hall–Kier alpha value is -3.85. The summed E-state index contributed by atoms with van der Waals surface area (Å²) >= 11 is 1.49. The van der Waals surface area contributed by atoms with Gasteiger partial charge in [0.2, 0.25) is 11.7 Å². The highest BCUT2D eigenvalue weighted by molar-refractivity contribution is 7.98. The molecule has 0 saturated carbocycles. The number of aromatic nitrogens is 5. The molecule has 3 heterocycles. The van der Waals surface area contributed by atoms with E-state index in [4.69, 9.17) is 13.7 Å². The second-order valence-corrected chi connectivity index (χ2v) is 8.49. The number of furan rings is 1. The number of thioether (sulfide) groups is 1. The van der Waals surface area contributed by atoms with Crippen molar-refractivity contribution in [3.63, 3.8) is 0 Å². The van der Waals surface area contributed by atoms with Crippen LogP contribution < -0.4 is 4.74 Å². The van der Waals surface area contributed by atoms with Gasteiger partial charge < -0.3 is 13.7 Å². The quantitative estimate of drug-likeness (QED) is 0.254. The molecule has 0 aliphatic heterocycles. The molecule has 0 spiro atoms. The first kappa shape index (κ1) is 22.0. The second kappa shape index (κ2) is 9.96. The second-order valence-electron chi connectivity index (χ2n) is 7.54. The van der Waals surface area contributed by atoms with E-state index in [9.17, 15) is 0 Å². The van der Waals surface area contributed by atoms with Crippen LogP contribution in [-0.4, -0.2) is 31.5 Å². The number of hydrogen-bond donors (Lipinski definition) is 0. The summed E-state index contributed by atoms with van der Waals surface area (Å²) in [5.41, 5.74) is 3.03. The molecule has 8 nitrogen and oxygen atoms in total. The minimum Gasteiger partial charge on any atom is -0.494 e. The topological polar surface area (TPSA) is 92.0 Å². The van der Waals surface area contributed by atoms with Crippen LogP contribution in [0, 0.1) is 6.92 Å². The summed E-state index contributed by atoms with van der Waals surface area (Å²) in [6.45, 7) is 5.16. The number of hydrogen-bond acceptors (Lipinski definition) is 8. The van der Waals surface area contributed by atoms with Crippen molar-refractivity contribution in [1.82, 2.24) is 24.9 Å². The standard InChI is InChI=1S/C25H23N5O3S/c1-3-31-19-12-10-18(11-13-19)23-26-22(33-29-23)16-34-25-28-27-24(21-9-5-4-7-17(21)2)30(25)15-20-8-6-14-32-20/h4-14H,3,15-16H2,1-2H3. The van der Waals surface area contributed by atoms with Crippen LogP contribution >= 0.6 is 11.8 Å². The predicted molar refractivity (Wildman–Crippen MR) is 128 cm³/mol. The largest absolute Gasteiger partial charge is 0.494 e. The maximum atomic E-state index is 5.59. The lowest BCUT2D eigenvalue weighted by atomic mass is 10.1. The monoisotopic (exact) mass is 473 g/mol. The van der Waals surface area contributed by atoms with E-state index in [0.29, 0.717) is 30.6 Å². The van der Waals surface area contributed by atoms with E-state index in [-0.39, 0.29) is 0 Å². The first-order valence-corrected chi connectivity index (χ1v) is 11.9. The van der Waals surface area contributed by atoms with Crippen LogP contribution in [0.2, 0.25) is 0 Å². The van der Waals surface area contributed by atoms with Gasteiger partial charge in [-0.25, -0.2) is 0 Å². The molecule has 0 unspecified atom stereocenters. The van der Waals surface area contributed by atoms with Crippen molar-refractivity contribution in [2.24, 2.45) is 0 Å². The molecular formula is C25H23N5O3S. The molecule has 0 fully saturated rings. The number of ether oxygens (including phenoxy) is 1. The van der Waals surface area contributed by atoms with Gasteiger partial charge in [0, 0.05) is 11.1 Å². The molecule has 0 atom stereocenters. The van der Waals surface area contributed by atoms with Gasteiger partial charge in [-0.1, -0.05) is 41.2 Å². The molecule has 0 aliphatic carbocycles. The molecule has 9 heteroatoms. The summed E-state index contributed by atoms with van der Waals surface area (Å²) in [6, 6.07) is 19.6. The van der Waals surface area contributed by atoms with Gasteiger partial charge in [0.25, 0.3) is 0 Å². The van der Waals surface area contributed by atoms with Gasteiger partial charge >= 0.3 is 0 Å². The molecule has 5 rings (SSSR count). The van der Waals surface area contributed by atoms with Crippen LogP contribution in [0.4, 0.5) is 0 Å². The molecule has 172 valence electrons. The number of aryl methyl sites for hydroxylation is 1. The van der Waals surface area contributed by atoms with Crippen molar-refractivity contribution < 1.29 is 13.7 Å². The molecule has 5 aromatic rings. The summed E-state index contributed by atoms with van der Waals surface area (Å²) < 4.78 is 18.6. The molecule has 0 amide bonds. The Kier molecular flexibility index (Phi) is 6.44. The van der Waals surface area contributed by atoms with Crippen molar-refractivity contribution in [2.45, 2.75) is 31.3 Å². The van der Waals surface area contributed by atoms with Gasteiger partial charge in [0.1, 0.15) is 11.5 Å². The lowest BCUT2D eigenvalue weighted by Gasteiger charge is -2.10. The molecule has 0 bridgehead atoms. The van der Waals surface area contributed by atoms with Gasteiger partial charge in [-0.2, -0.15) is 4.98 Å². The van der Waals surface area contributed by atoms with E-state index < -0.39 is 0 Å². The molecule has 0 aliphatic rings. The highest BCUT2D eigenvalue weighted by Gasteiger charge is 2.18. The van der Waals surface area contributed by atoms with E-state index >= 15 is 0 Å². The van der Waals surface area contributed by atoms with E-state index in [1.54, 1.807) is 6.26 Å². The van der Waals surface area contributed by atoms with Crippen molar-refractivity contribution >= 4 is 11.8 Å². The van der Waals surface area contributed by atoms with Crippen molar-refractivity contribution in [3.05, 3.63) is 84.1 Å². The van der Waals surface area contributed by atoms with Crippen molar-refractivity contribution in [1.29, 1.82) is 0 Å². The highest BCUT2D eigenvalue weighted by Crippen LogP contribution is 2.29. The molecule has 2 aromatic carbocycles. The Morgan fingerprint density at radius 2 is 1.85 bits per heavy atom. The third-order valence-electron chi connectivity index (χ3n) is 5.21. The molecule has 0 N–H and O–H groups in total. The Balaban J connectivity index is 1.36. The van der Waals surface area contributed by atoms with E-state index in [1.807, 2.05) is 61.5 Å². The molecular weight excluding hydrogens is 450 g/mol. The van der Waals surface area contributed by atoms with Gasteiger partial charge in [-0.15, -0.1) is 10.2 Å². The number of benzene rings is 2. The normalized spacial score (nSPS) is 11.1. The number of rotatable bonds is 9. The van der Waals surface area contributed by atoms with Gasteiger partial charge in [0.05, 0.1) is 25.2 Å². The summed E-state index contributed by atoms with van der Waals surface area (Å²) in [4.78, 5) is 4.54. The fraction of sp³-hybridized carbons (Fsp3) is 0.200. The Morgan fingerprint density at radius 3 is 2.62 bits per heavy atom. The third-order valence-corrected chi connectivity index (χ3v) is 6.16. The molecule has 0 radical (unpaired) electrons. The van der Waals surface area contributed by atoms with Gasteiger partial charge in [0.15, 0.2) is 11.0 Å². The summed E-state index contributed by atoms with van der Waals surface area (Å²) in [5, 5.41) is 13.8. The van der Waals surface area contributed by atoms with Crippen LogP contribution in [0.1, 0.15) is 24.1 Å². The minimum atomic E-state index is 0.466. The number of nitrogens with zero attached hydrogens (tertiary/aromatic N) is 5. The maximum Gasteiger partial charge on any atom is 0.237 e. The zero-order valence-corrected chi connectivity index (χ0v) is 19.7. The Labute approximate surface area is 201 Å². The fourth-order valence-electron chi connectivity index (χ4n) is 3.54. The third kappa shape index (κ3) is 4.74. The van der Waals surface area contributed by atoms with Gasteiger partial charge in [-0.05, 0) is 55.8 Å². The summed E-state index contributed by atoms with van der Waals surface area (Å²) in [6.07, 6.45) is 1.67. The van der Waals surface area contributed by atoms with Crippen LogP contribution in [0.5, 0.6) is 5.75 Å². The van der Waals surface area contributed by atoms with Gasteiger partial charge in [-0.3, -0.25) is 4.57 Å². The smallest absolute Gasteiger partial charge is 0.237 e. The first-order chi connectivity index (χ1) is 16.7. The van der Waals surface area contributed by atoms with Crippen LogP contribution in [-0.2, 0) is 12.3 Å². The van der Waals surface area contributed by atoms with Crippen molar-refractivity contribution in [3.8, 4) is 28.5 Å². The predicted octanol–water partition coefficient (Wildman–Crippen LogP) is 5.64. The maximum absolute atomic E-state index is 5.59. The lowest BCUT2D eigenvalue weighted by Crippen LogP contribution is -2.04. The molecule has 3 aromatic heterocycles. The Morgan fingerprint density at radius 1 is 1.00 bits per heavy atom. The molecule has 0 saturated heterocycles. The fourth-order valence-corrected chi connectivity index (χ4v) is 4.32. The minimum absolute atomic E-state index is 0.466. The van der Waals surface area contributed by atoms with E-state index in [1.165, 1.54) is 11.8 Å². The van der Waals surface area contributed by atoms with Crippen LogP contribution in [0.15, 0.2) is 81.0 Å². The first-order valence-electron chi connectivity index (χ1n) is 10.9. The SMILES string of the molecule is CCOc1ccc(-c2noc(CSc3nnc(-c4ccccc4C)n3Cc3ccco3)n2)cc1. The van der Waals surface area contributed by atoms with Crippen molar-refractivity contribution in [2.75, 3.05) is 6.61 Å². The molecule has 34 heavy (non-hydrogen) atoms. The highest BCUT2D eigenvalue weighted by atomic mass is 32.2. The van der Waals surface area contributed by atoms with Crippen LogP contribution in [0.3, 0.4) is 0 Å². The summed E-state index contributed by atoms with van der Waals surface area (Å²) in [7, 11) is 0. The average Bonchev–Trinajstić information content (AvgIpc) is 3.61. The zero-order valence-electron chi connectivity index (χ0n) is 18.8. The Bertz CT molecular complexity index is 1360. The summed E-state index contributed by atoms with van der Waals surface area (Å²) in [5.74, 6) is 3.94. The lowest BCUT2D eigenvalue weighted by molar-refractivity contribution is 0.340. The zero-order chi connectivity index (χ0) is 23.3. The van der Waals surface area contributed by atoms with E-state index in [0.717, 1.165) is 39.2 Å². The van der Waals surface area contributed by atoms with Crippen LogP contribution in [0.25, 0.3) is 22.8 Å². The van der Waals surface area contributed by atoms with E-state index in [2.05, 4.69) is 37.9 Å². The average molecular weight is 474 g/mol.